The van der Waals surface area contributed by atoms with E-state index in [-0.39, 0.29) is 17.2 Å². The molecular weight excluding hydrogens is 575 g/mol. The van der Waals surface area contributed by atoms with E-state index in [2.05, 4.69) is 31.2 Å². The zero-order valence-corrected chi connectivity index (χ0v) is 22.8. The Bertz CT molecular complexity index is 1590. The summed E-state index contributed by atoms with van der Waals surface area (Å²) in [5.41, 5.74) is 8.76. The highest BCUT2D eigenvalue weighted by Crippen LogP contribution is 2.43. The highest BCUT2D eigenvalue weighted by Gasteiger charge is 2.32. The van der Waals surface area contributed by atoms with Crippen molar-refractivity contribution in [3.63, 3.8) is 0 Å². The lowest BCUT2D eigenvalue weighted by Crippen LogP contribution is -2.22. The molecule has 0 atom stereocenters. The molecule has 5 rings (SSSR count). The van der Waals surface area contributed by atoms with E-state index < -0.39 is 17.6 Å². The van der Waals surface area contributed by atoms with E-state index in [0.717, 1.165) is 43.6 Å². The van der Waals surface area contributed by atoms with Gasteiger partial charge in [-0.25, -0.2) is 9.97 Å². The number of carbonyl (C=O) groups is 1. The minimum absolute atomic E-state index is 0.121. The summed E-state index contributed by atoms with van der Waals surface area (Å²) >= 11 is 3.56. The summed E-state index contributed by atoms with van der Waals surface area (Å²) in [6.45, 7) is 3.33. The second kappa shape index (κ2) is 10.4. The van der Waals surface area contributed by atoms with E-state index in [1.807, 2.05) is 17.9 Å². The molecule has 2 heterocycles. The maximum absolute atomic E-state index is 13.5. The molecule has 1 amide bonds. The third-order valence-corrected chi connectivity index (χ3v) is 7.54. The predicted octanol–water partition coefficient (Wildman–Crippen LogP) is 6.83. The number of ether oxygens (including phenoxy) is 1. The summed E-state index contributed by atoms with van der Waals surface area (Å²) in [4.78, 5) is 23.8. The van der Waals surface area contributed by atoms with Crippen LogP contribution < -0.4 is 20.7 Å². The van der Waals surface area contributed by atoms with Crippen LogP contribution in [-0.2, 0) is 6.18 Å². The van der Waals surface area contributed by atoms with E-state index in [1.54, 1.807) is 24.4 Å². The van der Waals surface area contributed by atoms with Crippen molar-refractivity contribution in [2.75, 3.05) is 36.1 Å². The van der Waals surface area contributed by atoms with Gasteiger partial charge in [0.05, 0.1) is 34.0 Å². The van der Waals surface area contributed by atoms with Gasteiger partial charge in [-0.3, -0.25) is 4.79 Å². The number of anilines is 3. The number of nitrogens with zero attached hydrogens (tertiary/aromatic N) is 3. The first-order valence-corrected chi connectivity index (χ1v) is 13.0. The number of nitrogens with two attached hydrogens (primary N) is 1. The van der Waals surface area contributed by atoms with Gasteiger partial charge in [0.25, 0.3) is 5.91 Å². The second-order valence-electron chi connectivity index (χ2n) is 9.35. The van der Waals surface area contributed by atoms with Crippen LogP contribution in [0.5, 0.6) is 5.75 Å². The number of hydrogen-bond donors (Lipinski definition) is 2. The van der Waals surface area contributed by atoms with Gasteiger partial charge >= 0.3 is 6.18 Å². The number of nitrogens with one attached hydrogen (secondary N) is 1. The molecule has 1 saturated heterocycles. The molecule has 7 nitrogen and oxygen atoms in total. The van der Waals surface area contributed by atoms with E-state index in [1.165, 1.54) is 13.2 Å². The number of aryl methyl sites for hydroxylation is 1. The molecular formula is C28H25BrF3N5O2. The molecule has 3 aromatic carbocycles. The first kappa shape index (κ1) is 26.7. The Kier molecular flexibility index (Phi) is 7.11. The number of rotatable bonds is 5. The Morgan fingerprint density at radius 1 is 1.10 bits per heavy atom. The number of halogens is 4. The van der Waals surface area contributed by atoms with Gasteiger partial charge < -0.3 is 20.7 Å². The molecule has 0 saturated carbocycles. The van der Waals surface area contributed by atoms with Gasteiger partial charge in [-0.05, 0) is 83.2 Å². The van der Waals surface area contributed by atoms with Gasteiger partial charge in [-0.2, -0.15) is 13.2 Å². The highest BCUT2D eigenvalue weighted by atomic mass is 79.9. The maximum atomic E-state index is 13.5. The SMILES string of the molecule is COc1c(-c2cc(C(=O)Nc3cc(C(F)(F)F)ccc3N3CCCC3)ccc2C)cc2cnc(N)nc2c1Br. The Hall–Kier alpha value is -3.86. The first-order chi connectivity index (χ1) is 18.6. The monoisotopic (exact) mass is 599 g/mol. The Labute approximate surface area is 231 Å². The van der Waals surface area contributed by atoms with E-state index in [0.29, 0.717) is 37.9 Å². The number of hydrogen-bond acceptors (Lipinski definition) is 6. The minimum atomic E-state index is -4.53. The van der Waals surface area contributed by atoms with Crippen LogP contribution in [0.2, 0.25) is 0 Å². The Morgan fingerprint density at radius 3 is 2.54 bits per heavy atom. The van der Waals surface area contributed by atoms with E-state index >= 15 is 0 Å². The number of benzene rings is 3. The average Bonchev–Trinajstić information content (AvgIpc) is 3.43. The summed E-state index contributed by atoms with van der Waals surface area (Å²) in [7, 11) is 1.53. The fraction of sp³-hybridized carbons (Fsp3) is 0.250. The summed E-state index contributed by atoms with van der Waals surface area (Å²) in [6, 6.07) is 10.4. The van der Waals surface area contributed by atoms with Gasteiger partial charge in [0.1, 0.15) is 5.75 Å². The van der Waals surface area contributed by atoms with Crippen molar-refractivity contribution in [3.8, 4) is 16.9 Å². The molecule has 1 aliphatic rings. The number of nitrogen functional groups attached to an aromatic ring is 1. The molecule has 11 heteroatoms. The maximum Gasteiger partial charge on any atom is 0.416 e. The molecule has 1 aliphatic heterocycles. The number of aromatic nitrogens is 2. The van der Waals surface area contributed by atoms with Gasteiger partial charge in [0.15, 0.2) is 0 Å². The number of methoxy groups -OCH3 is 1. The zero-order chi connectivity index (χ0) is 27.9. The lowest BCUT2D eigenvalue weighted by Gasteiger charge is -2.23. The van der Waals surface area contributed by atoms with E-state index in [9.17, 15) is 18.0 Å². The van der Waals surface area contributed by atoms with Crippen LogP contribution in [0.1, 0.15) is 34.3 Å². The molecule has 0 aliphatic carbocycles. The molecule has 4 aromatic rings. The second-order valence-corrected chi connectivity index (χ2v) is 10.1. The number of amides is 1. The number of alkyl halides is 3. The van der Waals surface area contributed by atoms with Crippen LogP contribution in [-0.4, -0.2) is 36.1 Å². The molecule has 1 aromatic heterocycles. The smallest absolute Gasteiger partial charge is 0.416 e. The minimum Gasteiger partial charge on any atom is -0.495 e. The van der Waals surface area contributed by atoms with Crippen LogP contribution >= 0.6 is 15.9 Å². The van der Waals surface area contributed by atoms with Gasteiger partial charge in [-0.1, -0.05) is 6.07 Å². The molecule has 0 bridgehead atoms. The summed E-state index contributed by atoms with van der Waals surface area (Å²) < 4.78 is 46.8. The lowest BCUT2D eigenvalue weighted by molar-refractivity contribution is -0.137. The van der Waals surface area contributed by atoms with Crippen molar-refractivity contribution in [2.24, 2.45) is 0 Å². The third kappa shape index (κ3) is 5.23. The topological polar surface area (TPSA) is 93.4 Å². The van der Waals surface area contributed by atoms with Crippen molar-refractivity contribution in [2.45, 2.75) is 25.9 Å². The lowest BCUT2D eigenvalue weighted by atomic mass is 9.96. The van der Waals surface area contributed by atoms with Crippen molar-refractivity contribution in [3.05, 3.63) is 69.8 Å². The van der Waals surface area contributed by atoms with Crippen molar-refractivity contribution >= 4 is 50.1 Å². The fourth-order valence-electron chi connectivity index (χ4n) is 4.83. The Balaban J connectivity index is 1.56. The third-order valence-electron chi connectivity index (χ3n) is 6.80. The molecule has 0 unspecified atom stereocenters. The highest BCUT2D eigenvalue weighted by molar-refractivity contribution is 9.10. The van der Waals surface area contributed by atoms with Crippen molar-refractivity contribution in [1.29, 1.82) is 0 Å². The summed E-state index contributed by atoms with van der Waals surface area (Å²) in [5.74, 6) is 0.0946. The first-order valence-electron chi connectivity index (χ1n) is 12.2. The molecule has 39 heavy (non-hydrogen) atoms. The van der Waals surface area contributed by atoms with Crippen LogP contribution in [0.3, 0.4) is 0 Å². The van der Waals surface area contributed by atoms with Crippen LogP contribution in [0.15, 0.2) is 53.1 Å². The largest absolute Gasteiger partial charge is 0.495 e. The summed E-state index contributed by atoms with van der Waals surface area (Å²) in [5, 5.41) is 3.44. The Morgan fingerprint density at radius 2 is 1.85 bits per heavy atom. The molecule has 0 spiro atoms. The van der Waals surface area contributed by atoms with Gasteiger partial charge in [0, 0.05) is 35.8 Å². The van der Waals surface area contributed by atoms with Crippen LogP contribution in [0, 0.1) is 6.92 Å². The van der Waals surface area contributed by atoms with Crippen molar-refractivity contribution in [1.82, 2.24) is 9.97 Å². The quantitative estimate of drug-likeness (QED) is 0.261. The number of carbonyl (C=O) groups excluding carboxylic acids is 1. The molecule has 202 valence electrons. The average molecular weight is 600 g/mol. The molecule has 1 fully saturated rings. The molecule has 0 radical (unpaired) electrons. The fourth-order valence-corrected chi connectivity index (χ4v) is 5.52. The molecule has 3 N–H and O–H groups in total. The van der Waals surface area contributed by atoms with Gasteiger partial charge in [-0.15, -0.1) is 0 Å². The normalized spacial score (nSPS) is 13.6. The van der Waals surface area contributed by atoms with Crippen molar-refractivity contribution < 1.29 is 22.7 Å². The van der Waals surface area contributed by atoms with Crippen LogP contribution in [0.4, 0.5) is 30.5 Å². The van der Waals surface area contributed by atoms with Crippen LogP contribution in [0.25, 0.3) is 22.0 Å². The standard InChI is InChI=1S/C28H25BrF3N5O2/c1-15-5-6-16(11-19(15)20-12-17-14-34-27(33)36-24(17)23(29)25(20)39-2)26(38)35-21-13-18(28(30,31)32)7-8-22(21)37-9-3-4-10-37/h5-8,11-14H,3-4,9-10H2,1-2H3,(H,35,38)(H2,33,34,36). The number of fused-ring (bicyclic) bond motifs is 1. The van der Waals surface area contributed by atoms with E-state index in [4.69, 9.17) is 10.5 Å². The predicted molar refractivity (Wildman–Crippen MR) is 149 cm³/mol. The zero-order valence-electron chi connectivity index (χ0n) is 21.2. The summed E-state index contributed by atoms with van der Waals surface area (Å²) in [6.07, 6.45) is -1.05. The van der Waals surface area contributed by atoms with Gasteiger partial charge in [0.2, 0.25) is 5.95 Å².